The van der Waals surface area contributed by atoms with Gasteiger partial charge in [0.05, 0.1) is 26.2 Å². The SMILES string of the molecule is CN(C)c1nc(CNC(=O)Cc2ccc(F)cc2)nc(N2CCOCC2)n1. The molecule has 0 bridgehead atoms. The minimum Gasteiger partial charge on any atom is -0.378 e. The molecule has 1 aliphatic rings. The van der Waals surface area contributed by atoms with Crippen LogP contribution < -0.4 is 15.1 Å². The number of carbonyl (C=O) groups excluding carboxylic acids is 1. The molecule has 2 aromatic rings. The molecule has 2 heterocycles. The number of morpholine rings is 1. The summed E-state index contributed by atoms with van der Waals surface area (Å²) in [4.78, 5) is 29.4. The molecule has 1 fully saturated rings. The average Bonchev–Trinajstić information content (AvgIpc) is 2.68. The van der Waals surface area contributed by atoms with Gasteiger partial charge < -0.3 is 19.9 Å². The summed E-state index contributed by atoms with van der Waals surface area (Å²) in [6.07, 6.45) is 0.169. The molecule has 1 amide bonds. The fraction of sp³-hybridized carbons (Fsp3) is 0.444. The zero-order valence-corrected chi connectivity index (χ0v) is 15.5. The maximum atomic E-state index is 12.9. The summed E-state index contributed by atoms with van der Waals surface area (Å²) in [5.41, 5.74) is 0.743. The number of carbonyl (C=O) groups is 1. The van der Waals surface area contributed by atoms with Crippen LogP contribution in [-0.4, -0.2) is 61.3 Å². The molecule has 0 atom stereocenters. The Hall–Kier alpha value is -2.81. The number of aromatic nitrogens is 3. The van der Waals surface area contributed by atoms with Gasteiger partial charge in [0.2, 0.25) is 17.8 Å². The van der Waals surface area contributed by atoms with Gasteiger partial charge in [-0.05, 0) is 17.7 Å². The van der Waals surface area contributed by atoms with Crippen molar-refractivity contribution in [2.24, 2.45) is 0 Å². The van der Waals surface area contributed by atoms with E-state index in [0.29, 0.717) is 44.0 Å². The fourth-order valence-corrected chi connectivity index (χ4v) is 2.61. The number of halogens is 1. The minimum absolute atomic E-state index is 0.169. The van der Waals surface area contributed by atoms with Gasteiger partial charge in [-0.1, -0.05) is 12.1 Å². The van der Waals surface area contributed by atoms with Gasteiger partial charge in [0, 0.05) is 27.2 Å². The minimum atomic E-state index is -0.323. The molecular weight excluding hydrogens is 351 g/mol. The lowest BCUT2D eigenvalue weighted by molar-refractivity contribution is -0.120. The van der Waals surface area contributed by atoms with E-state index in [-0.39, 0.29) is 24.7 Å². The van der Waals surface area contributed by atoms with E-state index >= 15 is 0 Å². The van der Waals surface area contributed by atoms with Gasteiger partial charge in [-0.15, -0.1) is 0 Å². The fourth-order valence-electron chi connectivity index (χ4n) is 2.61. The summed E-state index contributed by atoms with van der Waals surface area (Å²) in [5.74, 6) is 1.11. The van der Waals surface area contributed by atoms with E-state index in [1.54, 1.807) is 17.0 Å². The summed E-state index contributed by atoms with van der Waals surface area (Å²) in [7, 11) is 3.71. The molecule has 0 unspecified atom stereocenters. The van der Waals surface area contributed by atoms with Crippen molar-refractivity contribution in [1.82, 2.24) is 20.3 Å². The lowest BCUT2D eigenvalue weighted by atomic mass is 10.1. The van der Waals surface area contributed by atoms with Crippen LogP contribution in [0.4, 0.5) is 16.3 Å². The third kappa shape index (κ3) is 5.33. The van der Waals surface area contributed by atoms with Crippen LogP contribution in [0.5, 0.6) is 0 Å². The van der Waals surface area contributed by atoms with E-state index in [4.69, 9.17) is 4.74 Å². The Kier molecular flexibility index (Phi) is 6.12. The van der Waals surface area contributed by atoms with Gasteiger partial charge in [-0.25, -0.2) is 4.39 Å². The Labute approximate surface area is 157 Å². The molecule has 1 aliphatic heterocycles. The number of ether oxygens (including phenoxy) is 1. The second kappa shape index (κ2) is 8.72. The van der Waals surface area contributed by atoms with E-state index in [0.717, 1.165) is 5.56 Å². The van der Waals surface area contributed by atoms with Gasteiger partial charge in [-0.3, -0.25) is 4.79 Å². The van der Waals surface area contributed by atoms with Crippen LogP contribution in [0.1, 0.15) is 11.4 Å². The molecule has 8 nitrogen and oxygen atoms in total. The zero-order valence-electron chi connectivity index (χ0n) is 15.5. The number of benzene rings is 1. The largest absolute Gasteiger partial charge is 0.378 e. The second-order valence-electron chi connectivity index (χ2n) is 6.43. The molecule has 1 saturated heterocycles. The number of amides is 1. The number of anilines is 2. The lowest BCUT2D eigenvalue weighted by Crippen LogP contribution is -2.38. The van der Waals surface area contributed by atoms with Crippen molar-refractivity contribution in [1.29, 1.82) is 0 Å². The molecule has 0 saturated carbocycles. The van der Waals surface area contributed by atoms with E-state index in [9.17, 15) is 9.18 Å². The number of hydrogen-bond donors (Lipinski definition) is 1. The second-order valence-corrected chi connectivity index (χ2v) is 6.43. The first-order valence-corrected chi connectivity index (χ1v) is 8.77. The molecule has 144 valence electrons. The topological polar surface area (TPSA) is 83.5 Å². The number of nitrogens with one attached hydrogen (secondary N) is 1. The van der Waals surface area contributed by atoms with E-state index < -0.39 is 0 Å². The third-order valence-electron chi connectivity index (χ3n) is 4.07. The van der Waals surface area contributed by atoms with Crippen molar-refractivity contribution < 1.29 is 13.9 Å². The van der Waals surface area contributed by atoms with E-state index in [1.165, 1.54) is 12.1 Å². The van der Waals surface area contributed by atoms with Crippen LogP contribution in [-0.2, 0) is 22.5 Å². The molecule has 3 rings (SSSR count). The van der Waals surface area contributed by atoms with Crippen LogP contribution in [0.3, 0.4) is 0 Å². The average molecular weight is 374 g/mol. The first-order valence-electron chi connectivity index (χ1n) is 8.77. The monoisotopic (exact) mass is 374 g/mol. The first kappa shape index (κ1) is 19.0. The highest BCUT2D eigenvalue weighted by atomic mass is 19.1. The summed E-state index contributed by atoms with van der Waals surface area (Å²) in [6, 6.07) is 5.87. The Morgan fingerprint density at radius 3 is 2.56 bits per heavy atom. The van der Waals surface area contributed by atoms with Crippen LogP contribution in [0.2, 0.25) is 0 Å². The summed E-state index contributed by atoms with van der Waals surface area (Å²) in [5, 5.41) is 2.81. The number of nitrogens with zero attached hydrogens (tertiary/aromatic N) is 5. The lowest BCUT2D eigenvalue weighted by Gasteiger charge is -2.27. The number of rotatable bonds is 6. The highest BCUT2D eigenvalue weighted by molar-refractivity contribution is 5.78. The van der Waals surface area contributed by atoms with E-state index in [2.05, 4.69) is 20.3 Å². The van der Waals surface area contributed by atoms with Crippen molar-refractivity contribution >= 4 is 17.8 Å². The quantitative estimate of drug-likeness (QED) is 0.800. The summed E-state index contributed by atoms with van der Waals surface area (Å²) >= 11 is 0. The molecule has 27 heavy (non-hydrogen) atoms. The Bertz CT molecular complexity index is 778. The highest BCUT2D eigenvalue weighted by Gasteiger charge is 2.17. The van der Waals surface area contributed by atoms with Crippen molar-refractivity contribution in [3.05, 3.63) is 41.5 Å². The van der Waals surface area contributed by atoms with Gasteiger partial charge in [0.1, 0.15) is 5.82 Å². The molecule has 9 heteroatoms. The van der Waals surface area contributed by atoms with Crippen LogP contribution in [0.15, 0.2) is 24.3 Å². The molecule has 1 aromatic carbocycles. The van der Waals surface area contributed by atoms with Gasteiger partial charge in [0.25, 0.3) is 0 Å². The molecule has 0 aliphatic carbocycles. The normalized spacial score (nSPS) is 14.1. The van der Waals surface area contributed by atoms with E-state index in [1.807, 2.05) is 19.0 Å². The summed E-state index contributed by atoms with van der Waals surface area (Å²) < 4.78 is 18.3. The Morgan fingerprint density at radius 1 is 1.19 bits per heavy atom. The molecule has 1 N–H and O–H groups in total. The van der Waals surface area contributed by atoms with Crippen LogP contribution >= 0.6 is 0 Å². The predicted octanol–water partition coefficient (Wildman–Crippen LogP) is 0.772. The highest BCUT2D eigenvalue weighted by Crippen LogP contribution is 2.14. The maximum Gasteiger partial charge on any atom is 0.230 e. The molecular formula is C18H23FN6O2. The smallest absolute Gasteiger partial charge is 0.230 e. The Balaban J connectivity index is 1.66. The Morgan fingerprint density at radius 2 is 1.89 bits per heavy atom. The molecule has 1 aromatic heterocycles. The first-order chi connectivity index (χ1) is 13.0. The predicted molar refractivity (Wildman–Crippen MR) is 99.1 cm³/mol. The summed E-state index contributed by atoms with van der Waals surface area (Å²) in [6.45, 7) is 2.89. The zero-order chi connectivity index (χ0) is 19.2. The van der Waals surface area contributed by atoms with Gasteiger partial charge in [0.15, 0.2) is 5.82 Å². The third-order valence-corrected chi connectivity index (χ3v) is 4.07. The van der Waals surface area contributed by atoms with Crippen molar-refractivity contribution in [3.63, 3.8) is 0 Å². The maximum absolute atomic E-state index is 12.9. The van der Waals surface area contributed by atoms with Gasteiger partial charge in [-0.2, -0.15) is 15.0 Å². The van der Waals surface area contributed by atoms with Crippen molar-refractivity contribution in [2.45, 2.75) is 13.0 Å². The molecule has 0 radical (unpaired) electrons. The van der Waals surface area contributed by atoms with Gasteiger partial charge >= 0.3 is 0 Å². The molecule has 0 spiro atoms. The van der Waals surface area contributed by atoms with Crippen molar-refractivity contribution in [2.75, 3.05) is 50.2 Å². The van der Waals surface area contributed by atoms with Crippen LogP contribution in [0, 0.1) is 5.82 Å². The van der Waals surface area contributed by atoms with Crippen molar-refractivity contribution in [3.8, 4) is 0 Å². The standard InChI is InChI=1S/C18H23FN6O2/c1-24(2)17-21-15(22-18(23-17)25-7-9-27-10-8-25)12-20-16(26)11-13-3-5-14(19)6-4-13/h3-6H,7-12H2,1-2H3,(H,20,26). The van der Waals surface area contributed by atoms with Crippen LogP contribution in [0.25, 0.3) is 0 Å². The number of hydrogen-bond acceptors (Lipinski definition) is 7.